The SMILES string of the molecule is CCCCOC(=O)NN(CC(O)C(Cc1ccccc1)NC(=O)C(CC(N)=O)NC(=O)c1ccc2ccccc2n1)C(C)C. The fourth-order valence-corrected chi connectivity index (χ4v) is 4.44. The highest BCUT2D eigenvalue weighted by Gasteiger charge is 2.30. The third kappa shape index (κ3) is 10.6. The van der Waals surface area contributed by atoms with Crippen molar-refractivity contribution >= 4 is 34.7 Å². The molecular formula is C32H42N6O6. The molecule has 44 heavy (non-hydrogen) atoms. The Hall–Kier alpha value is -4.55. The number of unbranched alkanes of at least 4 members (excludes halogenated alkanes) is 1. The zero-order chi connectivity index (χ0) is 32.1. The molecule has 1 aromatic heterocycles. The van der Waals surface area contributed by atoms with Gasteiger partial charge in [0.2, 0.25) is 11.8 Å². The molecule has 3 unspecified atom stereocenters. The largest absolute Gasteiger partial charge is 0.449 e. The number of nitrogens with one attached hydrogen (secondary N) is 3. The molecule has 0 saturated heterocycles. The number of nitrogens with two attached hydrogens (primary N) is 1. The molecule has 3 rings (SSSR count). The van der Waals surface area contributed by atoms with Crippen LogP contribution >= 0.6 is 0 Å². The fourth-order valence-electron chi connectivity index (χ4n) is 4.44. The van der Waals surface area contributed by atoms with Crippen molar-refractivity contribution in [3.05, 3.63) is 78.0 Å². The summed E-state index contributed by atoms with van der Waals surface area (Å²) >= 11 is 0. The van der Waals surface area contributed by atoms with Gasteiger partial charge < -0.3 is 26.2 Å². The maximum atomic E-state index is 13.5. The lowest BCUT2D eigenvalue weighted by molar-refractivity contribution is -0.128. The van der Waals surface area contributed by atoms with E-state index in [1.54, 1.807) is 18.2 Å². The number of aromatic nitrogens is 1. The standard InChI is InChI=1S/C32H42N6O6/c1-4-5-17-44-32(43)37-38(21(2)3)20-28(39)26(18-22-11-7-6-8-12-22)35-31(42)27(19-29(33)40)36-30(41)25-16-15-23-13-9-10-14-24(23)34-25/h6-16,21,26-28,39H,4-5,17-20H2,1-3H3,(H2,33,40)(H,35,42)(H,36,41)(H,37,43). The van der Waals surface area contributed by atoms with E-state index in [1.807, 2.05) is 63.2 Å². The zero-order valence-electron chi connectivity index (χ0n) is 25.4. The number of rotatable bonds is 16. The first-order valence-corrected chi connectivity index (χ1v) is 14.7. The van der Waals surface area contributed by atoms with E-state index in [0.29, 0.717) is 5.52 Å². The van der Waals surface area contributed by atoms with Crippen molar-refractivity contribution in [2.75, 3.05) is 13.2 Å². The van der Waals surface area contributed by atoms with E-state index in [4.69, 9.17) is 10.5 Å². The molecule has 12 heteroatoms. The summed E-state index contributed by atoms with van der Waals surface area (Å²) in [5, 5.41) is 19.1. The summed E-state index contributed by atoms with van der Waals surface area (Å²) in [6, 6.07) is 17.3. The number of carbonyl (C=O) groups excluding carboxylic acids is 4. The van der Waals surface area contributed by atoms with Crippen LogP contribution in [0.5, 0.6) is 0 Å². The van der Waals surface area contributed by atoms with E-state index in [-0.39, 0.29) is 31.3 Å². The Bertz CT molecular complexity index is 1400. The number of primary amides is 1. The van der Waals surface area contributed by atoms with Crippen molar-refractivity contribution in [1.82, 2.24) is 26.1 Å². The zero-order valence-corrected chi connectivity index (χ0v) is 25.4. The van der Waals surface area contributed by atoms with Crippen molar-refractivity contribution in [3.63, 3.8) is 0 Å². The van der Waals surface area contributed by atoms with Gasteiger partial charge in [-0.1, -0.05) is 67.9 Å². The van der Waals surface area contributed by atoms with Gasteiger partial charge in [0.1, 0.15) is 11.7 Å². The molecular weight excluding hydrogens is 564 g/mol. The van der Waals surface area contributed by atoms with Gasteiger partial charge in [-0.2, -0.15) is 0 Å². The lowest BCUT2D eigenvalue weighted by Gasteiger charge is -2.33. The molecule has 0 fully saturated rings. The van der Waals surface area contributed by atoms with Crippen LogP contribution in [0.2, 0.25) is 0 Å². The van der Waals surface area contributed by atoms with Gasteiger partial charge >= 0.3 is 6.09 Å². The van der Waals surface area contributed by atoms with E-state index in [0.717, 1.165) is 23.8 Å². The molecule has 1 heterocycles. The Labute approximate surface area is 257 Å². The topological polar surface area (TPSA) is 176 Å². The quantitative estimate of drug-likeness (QED) is 0.122. The minimum absolute atomic E-state index is 0.0494. The van der Waals surface area contributed by atoms with Gasteiger partial charge in [-0.25, -0.2) is 14.8 Å². The first-order valence-electron chi connectivity index (χ1n) is 14.7. The molecule has 236 valence electrons. The van der Waals surface area contributed by atoms with Crippen molar-refractivity contribution in [2.45, 2.75) is 70.7 Å². The Kier molecular flexibility index (Phi) is 13.1. The molecule has 3 atom stereocenters. The van der Waals surface area contributed by atoms with E-state index >= 15 is 0 Å². The van der Waals surface area contributed by atoms with E-state index < -0.39 is 48.4 Å². The van der Waals surface area contributed by atoms with Crippen molar-refractivity contribution in [3.8, 4) is 0 Å². The summed E-state index contributed by atoms with van der Waals surface area (Å²) < 4.78 is 5.20. The fraction of sp³-hybridized carbons (Fsp3) is 0.406. The van der Waals surface area contributed by atoms with Crippen molar-refractivity contribution in [2.24, 2.45) is 5.73 Å². The molecule has 3 aromatic rings. The van der Waals surface area contributed by atoms with Gasteiger partial charge in [-0.3, -0.25) is 19.8 Å². The Morgan fingerprint density at radius 2 is 1.68 bits per heavy atom. The van der Waals surface area contributed by atoms with Crippen LogP contribution in [0.15, 0.2) is 66.7 Å². The van der Waals surface area contributed by atoms with Crippen LogP contribution in [0.4, 0.5) is 4.79 Å². The van der Waals surface area contributed by atoms with Gasteiger partial charge in [-0.05, 0) is 44.4 Å². The summed E-state index contributed by atoms with van der Waals surface area (Å²) in [5.41, 5.74) is 9.58. The highest BCUT2D eigenvalue weighted by Crippen LogP contribution is 2.13. The predicted molar refractivity (Wildman–Crippen MR) is 166 cm³/mol. The first kappa shape index (κ1) is 33.9. The number of amides is 4. The predicted octanol–water partition coefficient (Wildman–Crippen LogP) is 2.45. The number of nitrogens with zero attached hydrogens (tertiary/aromatic N) is 2. The van der Waals surface area contributed by atoms with Crippen LogP contribution in [-0.2, 0) is 20.7 Å². The van der Waals surface area contributed by atoms with Crippen molar-refractivity contribution in [1.29, 1.82) is 0 Å². The van der Waals surface area contributed by atoms with Crippen LogP contribution in [0.3, 0.4) is 0 Å². The van der Waals surface area contributed by atoms with E-state index in [9.17, 15) is 24.3 Å². The Balaban J connectivity index is 1.78. The molecule has 0 aliphatic heterocycles. The second kappa shape index (κ2) is 16.9. The smallest absolute Gasteiger partial charge is 0.421 e. The third-order valence-electron chi connectivity index (χ3n) is 6.92. The van der Waals surface area contributed by atoms with Gasteiger partial charge in [0.15, 0.2) is 0 Å². The van der Waals surface area contributed by atoms with Crippen LogP contribution in [0.1, 0.15) is 56.1 Å². The van der Waals surface area contributed by atoms with Crippen LogP contribution in [-0.4, -0.2) is 76.3 Å². The maximum absolute atomic E-state index is 13.5. The first-order chi connectivity index (χ1) is 21.1. The van der Waals surface area contributed by atoms with Gasteiger partial charge in [0, 0.05) is 18.0 Å². The Morgan fingerprint density at radius 3 is 2.36 bits per heavy atom. The summed E-state index contributed by atoms with van der Waals surface area (Å²) in [6.45, 7) is 5.88. The minimum atomic E-state index is -1.33. The van der Waals surface area contributed by atoms with E-state index in [2.05, 4.69) is 21.0 Å². The molecule has 2 aromatic carbocycles. The second-order valence-electron chi connectivity index (χ2n) is 10.8. The second-order valence-corrected chi connectivity index (χ2v) is 10.8. The molecule has 4 amide bonds. The lowest BCUT2D eigenvalue weighted by atomic mass is 9.99. The van der Waals surface area contributed by atoms with Crippen molar-refractivity contribution < 1.29 is 29.0 Å². The number of hydrogen-bond acceptors (Lipinski definition) is 8. The number of ether oxygens (including phenoxy) is 1. The molecule has 6 N–H and O–H groups in total. The lowest BCUT2D eigenvalue weighted by Crippen LogP contribution is -2.58. The highest BCUT2D eigenvalue weighted by molar-refractivity contribution is 5.99. The number of hydrogen-bond donors (Lipinski definition) is 5. The summed E-state index contributed by atoms with van der Waals surface area (Å²) in [7, 11) is 0. The summed E-state index contributed by atoms with van der Waals surface area (Å²) in [6.07, 6.45) is -0.467. The molecule has 0 radical (unpaired) electrons. The van der Waals surface area contributed by atoms with Crippen LogP contribution in [0, 0.1) is 0 Å². The number of hydrazine groups is 1. The third-order valence-corrected chi connectivity index (χ3v) is 6.92. The van der Waals surface area contributed by atoms with E-state index in [1.165, 1.54) is 11.1 Å². The van der Waals surface area contributed by atoms with Crippen LogP contribution in [0.25, 0.3) is 10.9 Å². The van der Waals surface area contributed by atoms with Crippen LogP contribution < -0.4 is 21.8 Å². The number of fused-ring (bicyclic) bond motifs is 1. The average Bonchev–Trinajstić information content (AvgIpc) is 3.00. The normalized spacial score (nSPS) is 13.2. The molecule has 0 spiro atoms. The number of benzene rings is 2. The van der Waals surface area contributed by atoms with Gasteiger partial charge in [0.25, 0.3) is 5.91 Å². The summed E-state index contributed by atoms with van der Waals surface area (Å²) in [5.74, 6) is -2.16. The molecule has 0 aliphatic carbocycles. The number of aliphatic hydroxyl groups is 1. The average molecular weight is 607 g/mol. The number of para-hydroxylation sites is 1. The monoisotopic (exact) mass is 606 g/mol. The number of carbonyl (C=O) groups is 4. The van der Waals surface area contributed by atoms with Gasteiger partial charge in [0.05, 0.1) is 30.7 Å². The molecule has 12 nitrogen and oxygen atoms in total. The summed E-state index contributed by atoms with van der Waals surface area (Å²) in [4.78, 5) is 55.2. The van der Waals surface area contributed by atoms with Gasteiger partial charge in [-0.15, -0.1) is 0 Å². The number of aliphatic hydroxyl groups excluding tert-OH is 1. The molecule has 0 bridgehead atoms. The maximum Gasteiger partial charge on any atom is 0.421 e. The highest BCUT2D eigenvalue weighted by atomic mass is 16.6. The number of pyridine rings is 1. The Morgan fingerprint density at radius 1 is 0.977 bits per heavy atom. The molecule has 0 saturated carbocycles. The minimum Gasteiger partial charge on any atom is -0.449 e. The molecule has 0 aliphatic rings.